The maximum Gasteiger partial charge on any atom is 0.137 e. The first-order chi connectivity index (χ1) is 6.79. The third-order valence-electron chi connectivity index (χ3n) is 1.89. The minimum Gasteiger partial charge on any atom is -0.490 e. The molecule has 3 nitrogen and oxygen atoms in total. The topological polar surface area (TPSA) is 42.2 Å². The molecule has 0 amide bonds. The van der Waals surface area contributed by atoms with Crippen LogP contribution in [0.3, 0.4) is 0 Å². The van der Waals surface area contributed by atoms with Crippen LogP contribution in [0.15, 0.2) is 18.2 Å². The molecule has 14 heavy (non-hydrogen) atoms. The molecule has 0 fully saturated rings. The standard InChI is InChI=1S/C11H13NO2/c1-9-4-3-5-11(10(9)8-12)14-7-6-13-2/h3-5H,6-7H2,1-2H3. The fourth-order valence-corrected chi connectivity index (χ4v) is 1.14. The van der Waals surface area contributed by atoms with Crippen LogP contribution in [0, 0.1) is 18.3 Å². The molecule has 0 aromatic heterocycles. The van der Waals surface area contributed by atoms with Crippen LogP contribution >= 0.6 is 0 Å². The van der Waals surface area contributed by atoms with E-state index in [1.165, 1.54) is 0 Å². The molecule has 3 heteroatoms. The van der Waals surface area contributed by atoms with Crippen molar-refractivity contribution in [1.29, 1.82) is 5.26 Å². The molecule has 0 aliphatic carbocycles. The molecule has 1 rings (SSSR count). The smallest absolute Gasteiger partial charge is 0.137 e. The Bertz CT molecular complexity index is 342. The normalized spacial score (nSPS) is 9.50. The summed E-state index contributed by atoms with van der Waals surface area (Å²) in [4.78, 5) is 0. The molecule has 0 saturated heterocycles. The van der Waals surface area contributed by atoms with Gasteiger partial charge < -0.3 is 9.47 Å². The SMILES string of the molecule is COCCOc1cccc(C)c1C#N. The van der Waals surface area contributed by atoms with Gasteiger partial charge >= 0.3 is 0 Å². The molecule has 0 bridgehead atoms. The number of aryl methyl sites for hydroxylation is 1. The van der Waals surface area contributed by atoms with Gasteiger partial charge in [0.25, 0.3) is 0 Å². The molecular formula is C11H13NO2. The zero-order valence-corrected chi connectivity index (χ0v) is 8.41. The van der Waals surface area contributed by atoms with Crippen molar-refractivity contribution >= 4 is 0 Å². The Balaban J connectivity index is 2.76. The van der Waals surface area contributed by atoms with Crippen molar-refractivity contribution < 1.29 is 9.47 Å². The van der Waals surface area contributed by atoms with Crippen LogP contribution in [0.25, 0.3) is 0 Å². The molecule has 0 heterocycles. The Morgan fingerprint density at radius 2 is 2.14 bits per heavy atom. The molecule has 1 aromatic carbocycles. The van der Waals surface area contributed by atoms with Gasteiger partial charge in [0.2, 0.25) is 0 Å². The number of rotatable bonds is 4. The number of methoxy groups -OCH3 is 1. The van der Waals surface area contributed by atoms with Gasteiger partial charge in [0, 0.05) is 7.11 Å². The van der Waals surface area contributed by atoms with Gasteiger partial charge in [0.05, 0.1) is 12.2 Å². The summed E-state index contributed by atoms with van der Waals surface area (Å²) < 4.78 is 10.3. The van der Waals surface area contributed by atoms with Gasteiger partial charge in [-0.05, 0) is 18.6 Å². The monoisotopic (exact) mass is 191 g/mol. The predicted octanol–water partition coefficient (Wildman–Crippen LogP) is 1.89. The molecule has 0 atom stereocenters. The molecule has 0 spiro atoms. The zero-order valence-electron chi connectivity index (χ0n) is 8.41. The lowest BCUT2D eigenvalue weighted by atomic mass is 10.1. The second-order valence-electron chi connectivity index (χ2n) is 2.90. The summed E-state index contributed by atoms with van der Waals surface area (Å²) in [7, 11) is 1.62. The highest BCUT2D eigenvalue weighted by Gasteiger charge is 2.04. The Labute approximate surface area is 83.9 Å². The van der Waals surface area contributed by atoms with Crippen molar-refractivity contribution in [1.82, 2.24) is 0 Å². The second-order valence-corrected chi connectivity index (χ2v) is 2.90. The Kier molecular flexibility index (Phi) is 3.96. The highest BCUT2D eigenvalue weighted by atomic mass is 16.5. The lowest BCUT2D eigenvalue weighted by Gasteiger charge is -2.08. The van der Waals surface area contributed by atoms with Gasteiger partial charge in [-0.15, -0.1) is 0 Å². The van der Waals surface area contributed by atoms with Crippen LogP contribution in [0.1, 0.15) is 11.1 Å². The second kappa shape index (κ2) is 5.25. The van der Waals surface area contributed by atoms with E-state index >= 15 is 0 Å². The molecule has 0 N–H and O–H groups in total. The van der Waals surface area contributed by atoms with E-state index in [-0.39, 0.29) is 0 Å². The largest absolute Gasteiger partial charge is 0.490 e. The molecule has 0 unspecified atom stereocenters. The third-order valence-corrected chi connectivity index (χ3v) is 1.89. The first-order valence-electron chi connectivity index (χ1n) is 4.41. The lowest BCUT2D eigenvalue weighted by Crippen LogP contribution is -2.05. The number of benzene rings is 1. The van der Waals surface area contributed by atoms with Crippen LogP contribution < -0.4 is 4.74 Å². The summed E-state index contributed by atoms with van der Waals surface area (Å²) in [5, 5.41) is 8.89. The molecule has 1 aromatic rings. The average molecular weight is 191 g/mol. The molecule has 0 aliphatic heterocycles. The highest BCUT2D eigenvalue weighted by Crippen LogP contribution is 2.20. The van der Waals surface area contributed by atoms with Crippen LogP contribution in [0.5, 0.6) is 5.75 Å². The minimum atomic E-state index is 0.467. The van der Waals surface area contributed by atoms with Gasteiger partial charge in [-0.3, -0.25) is 0 Å². The van der Waals surface area contributed by atoms with E-state index in [9.17, 15) is 0 Å². The van der Waals surface area contributed by atoms with Crippen molar-refractivity contribution in [2.24, 2.45) is 0 Å². The van der Waals surface area contributed by atoms with E-state index in [0.717, 1.165) is 5.56 Å². The summed E-state index contributed by atoms with van der Waals surface area (Å²) in [5.41, 5.74) is 1.53. The maximum absolute atomic E-state index is 8.89. The first-order valence-corrected chi connectivity index (χ1v) is 4.41. The predicted molar refractivity (Wildman–Crippen MR) is 53.3 cm³/mol. The molecule has 0 aliphatic rings. The van der Waals surface area contributed by atoms with Gasteiger partial charge in [-0.25, -0.2) is 0 Å². The van der Waals surface area contributed by atoms with Crippen LogP contribution in [0.2, 0.25) is 0 Å². The summed E-state index contributed by atoms with van der Waals surface area (Å²) in [6, 6.07) is 7.68. The third kappa shape index (κ3) is 2.48. The van der Waals surface area contributed by atoms with E-state index in [1.54, 1.807) is 13.2 Å². The number of hydrogen-bond donors (Lipinski definition) is 0. The Morgan fingerprint density at radius 1 is 1.36 bits per heavy atom. The fraction of sp³-hybridized carbons (Fsp3) is 0.364. The number of nitriles is 1. The summed E-state index contributed by atoms with van der Waals surface area (Å²) in [5.74, 6) is 0.629. The van der Waals surface area contributed by atoms with Crippen molar-refractivity contribution in [3.05, 3.63) is 29.3 Å². The molecular weight excluding hydrogens is 178 g/mol. The van der Waals surface area contributed by atoms with Crippen molar-refractivity contribution in [2.45, 2.75) is 6.92 Å². The van der Waals surface area contributed by atoms with E-state index < -0.39 is 0 Å². The summed E-state index contributed by atoms with van der Waals surface area (Å²) >= 11 is 0. The summed E-state index contributed by atoms with van der Waals surface area (Å²) in [6.07, 6.45) is 0. The van der Waals surface area contributed by atoms with Crippen LogP contribution in [0.4, 0.5) is 0 Å². The molecule has 0 radical (unpaired) electrons. The van der Waals surface area contributed by atoms with E-state index in [0.29, 0.717) is 24.5 Å². The lowest BCUT2D eigenvalue weighted by molar-refractivity contribution is 0.146. The number of hydrogen-bond acceptors (Lipinski definition) is 3. The van der Waals surface area contributed by atoms with Crippen LogP contribution in [-0.2, 0) is 4.74 Å². The van der Waals surface area contributed by atoms with Crippen LogP contribution in [-0.4, -0.2) is 20.3 Å². The fourth-order valence-electron chi connectivity index (χ4n) is 1.14. The first kappa shape index (κ1) is 10.6. The highest BCUT2D eigenvalue weighted by molar-refractivity contribution is 5.48. The summed E-state index contributed by atoms with van der Waals surface area (Å²) in [6.45, 7) is 2.88. The van der Waals surface area contributed by atoms with Crippen molar-refractivity contribution in [2.75, 3.05) is 20.3 Å². The number of nitrogens with zero attached hydrogens (tertiary/aromatic N) is 1. The Hall–Kier alpha value is -1.53. The van der Waals surface area contributed by atoms with Crippen molar-refractivity contribution in [3.63, 3.8) is 0 Å². The van der Waals surface area contributed by atoms with Gasteiger partial charge in [0.1, 0.15) is 18.4 Å². The molecule has 0 saturated carbocycles. The van der Waals surface area contributed by atoms with E-state index in [4.69, 9.17) is 14.7 Å². The van der Waals surface area contributed by atoms with Gasteiger partial charge in [0.15, 0.2) is 0 Å². The average Bonchev–Trinajstić information content (AvgIpc) is 2.18. The van der Waals surface area contributed by atoms with E-state index in [2.05, 4.69) is 6.07 Å². The van der Waals surface area contributed by atoms with Gasteiger partial charge in [-0.1, -0.05) is 12.1 Å². The molecule has 74 valence electrons. The quantitative estimate of drug-likeness (QED) is 0.682. The Morgan fingerprint density at radius 3 is 2.79 bits per heavy atom. The number of ether oxygens (including phenoxy) is 2. The van der Waals surface area contributed by atoms with Gasteiger partial charge in [-0.2, -0.15) is 5.26 Å². The maximum atomic E-state index is 8.89. The van der Waals surface area contributed by atoms with Crippen molar-refractivity contribution in [3.8, 4) is 11.8 Å². The van der Waals surface area contributed by atoms with E-state index in [1.807, 2.05) is 19.1 Å². The minimum absolute atomic E-state index is 0.467. The zero-order chi connectivity index (χ0) is 10.4.